The van der Waals surface area contributed by atoms with Crippen molar-refractivity contribution in [2.75, 3.05) is 0 Å². The summed E-state index contributed by atoms with van der Waals surface area (Å²) < 4.78 is 40.2. The highest BCUT2D eigenvalue weighted by Gasteiger charge is 2.39. The number of halogens is 5. The Morgan fingerprint density at radius 1 is 1.04 bits per heavy atom. The van der Waals surface area contributed by atoms with Gasteiger partial charge in [0.15, 0.2) is 0 Å². The maximum atomic E-state index is 13.4. The largest absolute Gasteiger partial charge is 0.399 e. The molecule has 0 saturated heterocycles. The second-order valence-corrected chi connectivity index (χ2v) is 6.42. The van der Waals surface area contributed by atoms with Gasteiger partial charge in [0.1, 0.15) is 0 Å². The Balaban J connectivity index is 2.39. The molecule has 126 valence electrons. The Morgan fingerprint density at radius 2 is 1.67 bits per heavy atom. The van der Waals surface area contributed by atoms with Gasteiger partial charge in [-0.1, -0.05) is 65.8 Å². The molecule has 0 nitrogen and oxygen atoms in total. The average molecular weight is 389 g/mol. The van der Waals surface area contributed by atoms with E-state index in [0.717, 1.165) is 17.2 Å². The van der Waals surface area contributed by atoms with Gasteiger partial charge in [-0.05, 0) is 47.4 Å². The molecule has 2 aromatic rings. The summed E-state index contributed by atoms with van der Waals surface area (Å²) >= 11 is 16.5. The number of aryl methyl sites for hydroxylation is 1. The summed E-state index contributed by atoms with van der Waals surface area (Å²) in [6.45, 7) is 1.85. The van der Waals surface area contributed by atoms with Crippen LogP contribution >= 0.6 is 35.4 Å². The van der Waals surface area contributed by atoms with Crippen molar-refractivity contribution in [1.29, 1.82) is 0 Å². The lowest BCUT2D eigenvalue weighted by Crippen LogP contribution is -2.18. The second-order valence-electron chi connectivity index (χ2n) is 5.32. The van der Waals surface area contributed by atoms with Crippen molar-refractivity contribution in [2.24, 2.45) is 0 Å². The highest BCUT2D eigenvalue weighted by Crippen LogP contribution is 2.38. The third-order valence-corrected chi connectivity index (χ3v) is 4.19. The van der Waals surface area contributed by atoms with Crippen LogP contribution < -0.4 is 0 Å². The Kier molecular flexibility index (Phi) is 6.07. The van der Waals surface area contributed by atoms with Crippen LogP contribution in [0, 0.1) is 6.92 Å². The van der Waals surface area contributed by atoms with Crippen molar-refractivity contribution in [3.8, 4) is 0 Å². The average Bonchev–Trinajstić information content (AvgIpc) is 2.45. The molecule has 2 rings (SSSR count). The minimum atomic E-state index is -4.45. The van der Waals surface area contributed by atoms with Gasteiger partial charge >= 0.3 is 6.18 Å². The summed E-state index contributed by atoms with van der Waals surface area (Å²) in [4.78, 5) is 0. The van der Waals surface area contributed by atoms with E-state index in [0.29, 0.717) is 5.56 Å². The van der Waals surface area contributed by atoms with Gasteiger partial charge in [-0.25, -0.2) is 0 Å². The molecule has 0 heterocycles. The number of allylic oxidation sites excluding steroid dienone is 1. The maximum absolute atomic E-state index is 13.4. The van der Waals surface area contributed by atoms with E-state index >= 15 is 0 Å². The first-order valence-corrected chi connectivity index (χ1v) is 8.20. The van der Waals surface area contributed by atoms with E-state index in [2.05, 4.69) is 0 Å². The third kappa shape index (κ3) is 4.82. The number of benzene rings is 2. The lowest BCUT2D eigenvalue weighted by molar-refractivity contribution is -0.139. The Hall–Kier alpha value is -1.36. The number of thiocarbonyl (C=S) groups is 1. The van der Waals surface area contributed by atoms with Crippen LogP contribution in [0.5, 0.6) is 0 Å². The van der Waals surface area contributed by atoms with Crippen LogP contribution in [0.4, 0.5) is 13.2 Å². The molecule has 0 radical (unpaired) electrons. The minimum Gasteiger partial charge on any atom is -0.170 e. The molecule has 0 spiro atoms. The van der Waals surface area contributed by atoms with Crippen molar-refractivity contribution < 1.29 is 13.2 Å². The van der Waals surface area contributed by atoms with E-state index in [4.69, 9.17) is 35.4 Å². The molecular weight excluding hydrogens is 376 g/mol. The Bertz CT molecular complexity index is 762. The van der Waals surface area contributed by atoms with Gasteiger partial charge < -0.3 is 0 Å². The Labute approximate surface area is 153 Å². The zero-order valence-corrected chi connectivity index (χ0v) is 14.9. The van der Waals surface area contributed by atoms with Gasteiger partial charge in [0.05, 0.1) is 5.92 Å². The van der Waals surface area contributed by atoms with Crippen LogP contribution in [0.3, 0.4) is 0 Å². The summed E-state index contributed by atoms with van der Waals surface area (Å²) in [6, 6.07) is 9.23. The number of hydrogen-bond acceptors (Lipinski definition) is 1. The third-order valence-electron chi connectivity index (χ3n) is 3.50. The summed E-state index contributed by atoms with van der Waals surface area (Å²) in [5, 5.41) is 1.87. The van der Waals surface area contributed by atoms with E-state index < -0.39 is 12.1 Å². The lowest BCUT2D eigenvalue weighted by atomic mass is 9.96. The highest BCUT2D eigenvalue weighted by molar-refractivity contribution is 7.79. The fraction of sp³-hybridized carbons (Fsp3) is 0.167. The lowest BCUT2D eigenvalue weighted by Gasteiger charge is -2.18. The van der Waals surface area contributed by atoms with Crippen LogP contribution in [-0.2, 0) is 0 Å². The molecule has 1 unspecified atom stereocenters. The molecule has 0 saturated carbocycles. The predicted octanol–water partition coefficient (Wildman–Crippen LogP) is 7.01. The molecule has 0 aliphatic heterocycles. The molecule has 0 aliphatic carbocycles. The maximum Gasteiger partial charge on any atom is 0.399 e. The molecular formula is C18H13Cl2F3S. The first-order valence-electron chi connectivity index (χ1n) is 6.97. The SMILES string of the molecule is Cc1cc(/C=C/C(c2cc(Cl)cc(Cl)c2)C(F)(F)F)ccc1C=S. The van der Waals surface area contributed by atoms with Gasteiger partial charge in [-0.3, -0.25) is 0 Å². The summed E-state index contributed by atoms with van der Waals surface area (Å²) in [5.41, 5.74) is 2.44. The normalized spacial score (nSPS) is 13.2. The fourth-order valence-electron chi connectivity index (χ4n) is 2.31. The van der Waals surface area contributed by atoms with E-state index in [9.17, 15) is 13.2 Å². The van der Waals surface area contributed by atoms with E-state index in [-0.39, 0.29) is 15.6 Å². The Morgan fingerprint density at radius 3 is 2.17 bits per heavy atom. The van der Waals surface area contributed by atoms with Crippen LogP contribution in [0.1, 0.15) is 28.2 Å². The molecule has 0 fully saturated rings. The first kappa shape index (κ1) is 19.0. The molecule has 6 heteroatoms. The van der Waals surface area contributed by atoms with Crippen LogP contribution in [0.25, 0.3) is 6.08 Å². The van der Waals surface area contributed by atoms with Crippen molar-refractivity contribution in [1.82, 2.24) is 0 Å². The topological polar surface area (TPSA) is 0 Å². The highest BCUT2D eigenvalue weighted by atomic mass is 35.5. The monoisotopic (exact) mass is 388 g/mol. The molecule has 0 bridgehead atoms. The van der Waals surface area contributed by atoms with Crippen molar-refractivity contribution in [2.45, 2.75) is 19.0 Å². The van der Waals surface area contributed by atoms with Gasteiger partial charge in [0, 0.05) is 15.4 Å². The van der Waals surface area contributed by atoms with Crippen LogP contribution in [0.15, 0.2) is 42.5 Å². The van der Waals surface area contributed by atoms with Crippen LogP contribution in [-0.4, -0.2) is 11.5 Å². The van der Waals surface area contributed by atoms with E-state index in [1.54, 1.807) is 18.2 Å². The predicted molar refractivity (Wildman–Crippen MR) is 98.2 cm³/mol. The molecule has 0 N–H and O–H groups in total. The molecule has 0 aromatic heterocycles. The zero-order chi connectivity index (χ0) is 17.9. The molecule has 2 aromatic carbocycles. The smallest absolute Gasteiger partial charge is 0.170 e. The van der Waals surface area contributed by atoms with Gasteiger partial charge in [0.25, 0.3) is 0 Å². The fourth-order valence-corrected chi connectivity index (χ4v) is 3.11. The number of alkyl halides is 3. The molecule has 24 heavy (non-hydrogen) atoms. The second kappa shape index (κ2) is 7.68. The number of hydrogen-bond donors (Lipinski definition) is 0. The summed E-state index contributed by atoms with van der Waals surface area (Å²) in [5.74, 6) is -1.79. The van der Waals surface area contributed by atoms with E-state index in [1.807, 2.05) is 6.92 Å². The van der Waals surface area contributed by atoms with Crippen molar-refractivity contribution in [3.63, 3.8) is 0 Å². The minimum absolute atomic E-state index is 0.00323. The summed E-state index contributed by atoms with van der Waals surface area (Å²) in [7, 11) is 0. The van der Waals surface area contributed by atoms with Crippen LogP contribution in [0.2, 0.25) is 10.0 Å². The first-order chi connectivity index (χ1) is 11.2. The quantitative estimate of drug-likeness (QED) is 0.507. The number of rotatable bonds is 4. The standard InChI is InChI=1S/C18H13Cl2F3S/c1-11-6-12(2-4-13(11)10-24)3-5-17(18(21,22)23)14-7-15(19)9-16(20)8-14/h2-10,17H,1H3/b5-3+. The van der Waals surface area contributed by atoms with E-state index in [1.165, 1.54) is 29.6 Å². The van der Waals surface area contributed by atoms with Crippen molar-refractivity contribution >= 4 is 46.9 Å². The van der Waals surface area contributed by atoms with Crippen molar-refractivity contribution in [3.05, 3.63) is 74.8 Å². The molecule has 1 atom stereocenters. The zero-order valence-electron chi connectivity index (χ0n) is 12.6. The molecule has 0 aliphatic rings. The van der Waals surface area contributed by atoms with Gasteiger partial charge in [0.2, 0.25) is 0 Å². The molecule has 0 amide bonds. The van der Waals surface area contributed by atoms with Gasteiger partial charge in [-0.15, -0.1) is 0 Å². The van der Waals surface area contributed by atoms with Gasteiger partial charge in [-0.2, -0.15) is 13.2 Å². The summed E-state index contributed by atoms with van der Waals surface area (Å²) in [6.07, 6.45) is -1.91.